The van der Waals surface area contributed by atoms with Gasteiger partial charge in [0.1, 0.15) is 0 Å². The number of nitrogens with zero attached hydrogens (tertiary/aromatic N) is 1. The quantitative estimate of drug-likeness (QED) is 0.743. The van der Waals surface area contributed by atoms with Crippen LogP contribution in [-0.2, 0) is 0 Å². The minimum Gasteiger partial charge on any atom is -0.382 e. The molecule has 0 aromatic heterocycles. The van der Waals surface area contributed by atoms with Crippen LogP contribution in [0.4, 0.5) is 5.69 Å². The Bertz CT molecular complexity index is 359. The van der Waals surface area contributed by atoms with Crippen molar-refractivity contribution < 1.29 is 0 Å². The summed E-state index contributed by atoms with van der Waals surface area (Å²) in [5, 5.41) is 12.1. The molecule has 0 bridgehead atoms. The second-order valence-corrected chi connectivity index (χ2v) is 3.56. The normalized spacial score (nSPS) is 15.1. The minimum atomic E-state index is 0.673. The molecule has 0 atom stereocenters. The van der Waals surface area contributed by atoms with E-state index in [9.17, 15) is 0 Å². The van der Waals surface area contributed by atoms with Crippen LogP contribution in [0.2, 0.25) is 0 Å². The van der Waals surface area contributed by atoms with E-state index in [1.54, 1.807) is 0 Å². The third-order valence-corrected chi connectivity index (χ3v) is 2.29. The van der Waals surface area contributed by atoms with E-state index >= 15 is 0 Å². The maximum atomic E-state index is 8.68. The van der Waals surface area contributed by atoms with Crippen molar-refractivity contribution in [1.82, 2.24) is 0 Å². The van der Waals surface area contributed by atoms with Gasteiger partial charge in [-0.3, -0.25) is 0 Å². The highest BCUT2D eigenvalue weighted by atomic mass is 15.0. The SMILES string of the molecule is Cc1cc(C#N)ccc1NC1CC1. The van der Waals surface area contributed by atoms with Crippen molar-refractivity contribution >= 4 is 5.69 Å². The van der Waals surface area contributed by atoms with Crippen LogP contribution in [0.25, 0.3) is 0 Å². The van der Waals surface area contributed by atoms with E-state index in [2.05, 4.69) is 11.4 Å². The molecule has 1 saturated carbocycles. The van der Waals surface area contributed by atoms with Gasteiger partial charge in [-0.2, -0.15) is 5.26 Å². The topological polar surface area (TPSA) is 35.8 Å². The maximum absolute atomic E-state index is 8.68. The van der Waals surface area contributed by atoms with Gasteiger partial charge in [-0.15, -0.1) is 0 Å². The fraction of sp³-hybridized carbons (Fsp3) is 0.364. The maximum Gasteiger partial charge on any atom is 0.0991 e. The lowest BCUT2D eigenvalue weighted by atomic mass is 10.1. The Balaban J connectivity index is 2.21. The first kappa shape index (κ1) is 8.12. The van der Waals surface area contributed by atoms with Gasteiger partial charge in [0.2, 0.25) is 0 Å². The van der Waals surface area contributed by atoms with Gasteiger partial charge >= 0.3 is 0 Å². The third-order valence-electron chi connectivity index (χ3n) is 2.29. The van der Waals surface area contributed by atoms with Crippen molar-refractivity contribution in [3.63, 3.8) is 0 Å². The van der Waals surface area contributed by atoms with Gasteiger partial charge in [-0.1, -0.05) is 0 Å². The van der Waals surface area contributed by atoms with Crippen LogP contribution in [0.5, 0.6) is 0 Å². The highest BCUT2D eigenvalue weighted by molar-refractivity contribution is 5.55. The van der Waals surface area contributed by atoms with E-state index in [0.29, 0.717) is 6.04 Å². The lowest BCUT2D eigenvalue weighted by Gasteiger charge is -2.07. The summed E-state index contributed by atoms with van der Waals surface area (Å²) in [6.07, 6.45) is 2.55. The smallest absolute Gasteiger partial charge is 0.0991 e. The second kappa shape index (κ2) is 3.10. The average Bonchev–Trinajstić information content (AvgIpc) is 2.92. The van der Waals surface area contributed by atoms with Crippen molar-refractivity contribution in [3.05, 3.63) is 29.3 Å². The van der Waals surface area contributed by atoms with Gasteiger partial charge in [0, 0.05) is 11.7 Å². The summed E-state index contributed by atoms with van der Waals surface area (Å²) in [4.78, 5) is 0. The molecule has 1 aliphatic rings. The predicted molar refractivity (Wildman–Crippen MR) is 52.5 cm³/mol. The van der Waals surface area contributed by atoms with Crippen molar-refractivity contribution in [1.29, 1.82) is 5.26 Å². The van der Waals surface area contributed by atoms with Crippen LogP contribution in [0.1, 0.15) is 24.0 Å². The molecule has 0 radical (unpaired) electrons. The van der Waals surface area contributed by atoms with Crippen molar-refractivity contribution in [2.24, 2.45) is 0 Å². The van der Waals surface area contributed by atoms with Crippen molar-refractivity contribution in [3.8, 4) is 6.07 Å². The Morgan fingerprint density at radius 3 is 2.77 bits per heavy atom. The summed E-state index contributed by atoms with van der Waals surface area (Å²) in [5.74, 6) is 0. The van der Waals surface area contributed by atoms with Crippen LogP contribution in [0.15, 0.2) is 18.2 Å². The molecule has 0 heterocycles. The van der Waals surface area contributed by atoms with Crippen LogP contribution in [0.3, 0.4) is 0 Å². The molecule has 1 aromatic carbocycles. The van der Waals surface area contributed by atoms with E-state index < -0.39 is 0 Å². The third kappa shape index (κ3) is 1.81. The fourth-order valence-electron chi connectivity index (χ4n) is 1.34. The minimum absolute atomic E-state index is 0.673. The average molecular weight is 172 g/mol. The summed E-state index contributed by atoms with van der Waals surface area (Å²) >= 11 is 0. The van der Waals surface area contributed by atoms with E-state index in [0.717, 1.165) is 11.1 Å². The first-order valence-corrected chi connectivity index (χ1v) is 4.57. The molecule has 0 spiro atoms. The monoisotopic (exact) mass is 172 g/mol. The zero-order valence-electron chi connectivity index (χ0n) is 7.67. The van der Waals surface area contributed by atoms with Gasteiger partial charge in [-0.05, 0) is 43.5 Å². The molecule has 0 unspecified atom stereocenters. The van der Waals surface area contributed by atoms with Crippen LogP contribution >= 0.6 is 0 Å². The summed E-state index contributed by atoms with van der Waals surface area (Å²) in [5.41, 5.74) is 3.06. The molecule has 13 heavy (non-hydrogen) atoms. The standard InChI is InChI=1S/C11H12N2/c1-8-6-9(7-12)2-5-11(8)13-10-3-4-10/h2,5-6,10,13H,3-4H2,1H3. The first-order chi connectivity index (χ1) is 6.29. The van der Waals surface area contributed by atoms with Gasteiger partial charge in [0.15, 0.2) is 0 Å². The number of nitrogens with one attached hydrogen (secondary N) is 1. The molecular formula is C11H12N2. The molecule has 1 N–H and O–H groups in total. The lowest BCUT2D eigenvalue weighted by molar-refractivity contribution is 1.14. The molecule has 2 rings (SSSR count). The Hall–Kier alpha value is -1.49. The summed E-state index contributed by atoms with van der Waals surface area (Å²) in [6.45, 7) is 2.03. The molecule has 1 aromatic rings. The zero-order valence-corrected chi connectivity index (χ0v) is 7.67. The highest BCUT2D eigenvalue weighted by Crippen LogP contribution is 2.26. The zero-order chi connectivity index (χ0) is 9.26. The fourth-order valence-corrected chi connectivity index (χ4v) is 1.34. The molecule has 1 fully saturated rings. The Morgan fingerprint density at radius 1 is 1.46 bits per heavy atom. The van der Waals surface area contributed by atoms with Crippen LogP contribution in [0, 0.1) is 18.3 Å². The predicted octanol–water partition coefficient (Wildman–Crippen LogP) is 2.44. The number of hydrogen-bond acceptors (Lipinski definition) is 2. The van der Waals surface area contributed by atoms with E-state index in [1.165, 1.54) is 18.5 Å². The molecule has 0 amide bonds. The largest absolute Gasteiger partial charge is 0.382 e. The van der Waals surface area contributed by atoms with Gasteiger partial charge in [-0.25, -0.2) is 0 Å². The molecule has 2 heteroatoms. The van der Waals surface area contributed by atoms with Gasteiger partial charge in [0.25, 0.3) is 0 Å². The number of benzene rings is 1. The number of nitriles is 1. The molecule has 66 valence electrons. The number of anilines is 1. The molecule has 0 saturated heterocycles. The molecule has 2 nitrogen and oxygen atoms in total. The molecule has 0 aliphatic heterocycles. The molecular weight excluding hydrogens is 160 g/mol. The first-order valence-electron chi connectivity index (χ1n) is 4.57. The highest BCUT2D eigenvalue weighted by Gasteiger charge is 2.21. The Kier molecular flexibility index (Phi) is 1.94. The van der Waals surface area contributed by atoms with Crippen molar-refractivity contribution in [2.75, 3.05) is 5.32 Å². The van der Waals surface area contributed by atoms with Crippen LogP contribution in [-0.4, -0.2) is 6.04 Å². The Morgan fingerprint density at radius 2 is 2.23 bits per heavy atom. The number of hydrogen-bond donors (Lipinski definition) is 1. The summed E-state index contributed by atoms with van der Waals surface area (Å²) in [7, 11) is 0. The number of rotatable bonds is 2. The lowest BCUT2D eigenvalue weighted by Crippen LogP contribution is -2.02. The van der Waals surface area contributed by atoms with E-state index in [1.807, 2.05) is 25.1 Å². The summed E-state index contributed by atoms with van der Waals surface area (Å²) in [6, 6.07) is 8.58. The van der Waals surface area contributed by atoms with E-state index in [-0.39, 0.29) is 0 Å². The van der Waals surface area contributed by atoms with Gasteiger partial charge in [0.05, 0.1) is 11.6 Å². The number of aryl methyl sites for hydroxylation is 1. The second-order valence-electron chi connectivity index (χ2n) is 3.56. The van der Waals surface area contributed by atoms with E-state index in [4.69, 9.17) is 5.26 Å². The Labute approximate surface area is 78.2 Å². The van der Waals surface area contributed by atoms with Crippen molar-refractivity contribution in [2.45, 2.75) is 25.8 Å². The van der Waals surface area contributed by atoms with Gasteiger partial charge < -0.3 is 5.32 Å². The molecule has 1 aliphatic carbocycles. The van der Waals surface area contributed by atoms with Crippen LogP contribution < -0.4 is 5.32 Å². The summed E-state index contributed by atoms with van der Waals surface area (Å²) < 4.78 is 0.